The minimum absolute atomic E-state index is 0.0114. The van der Waals surface area contributed by atoms with Crippen LogP contribution in [0, 0.1) is 5.41 Å². The van der Waals surface area contributed by atoms with E-state index >= 15 is 0 Å². The number of methoxy groups -OCH3 is 2. The summed E-state index contributed by atoms with van der Waals surface area (Å²) in [6.45, 7) is 3.03. The van der Waals surface area contributed by atoms with Crippen molar-refractivity contribution in [2.24, 2.45) is 21.9 Å². The molecule has 1 amide bonds. The van der Waals surface area contributed by atoms with E-state index in [1.807, 2.05) is 23.9 Å². The van der Waals surface area contributed by atoms with Crippen molar-refractivity contribution in [1.29, 1.82) is 0 Å². The summed E-state index contributed by atoms with van der Waals surface area (Å²) in [5.74, 6) is 1.58. The zero-order chi connectivity index (χ0) is 29.0. The summed E-state index contributed by atoms with van der Waals surface area (Å²) in [4.78, 5) is 32.8. The second-order valence-corrected chi connectivity index (χ2v) is 11.8. The number of amides is 1. The SMILES string of the molecule is COC1=CC=CC(OC)C1c1cc(C(=O)Nc2nnc(/N=C(N)/C=C\N)s2)oc(=O)c1OCCN1CC2(CSC2)C1. The molecule has 2 aromatic heterocycles. The Labute approximate surface area is 244 Å². The van der Waals surface area contributed by atoms with Crippen LogP contribution >= 0.6 is 23.1 Å². The average molecular weight is 602 g/mol. The third kappa shape index (κ3) is 6.32. The molecule has 0 bridgehead atoms. The molecule has 5 rings (SSSR count). The lowest BCUT2D eigenvalue weighted by Crippen LogP contribution is -2.63. The number of anilines is 1. The van der Waals surface area contributed by atoms with Gasteiger partial charge in [-0.25, -0.2) is 9.79 Å². The summed E-state index contributed by atoms with van der Waals surface area (Å²) >= 11 is 2.95. The molecule has 2 unspecified atom stereocenters. The Hall–Kier alpha value is -3.66. The van der Waals surface area contributed by atoms with Crippen molar-refractivity contribution < 1.29 is 23.4 Å². The quantitative estimate of drug-likeness (QED) is 0.252. The summed E-state index contributed by atoms with van der Waals surface area (Å²) < 4.78 is 22.8. The van der Waals surface area contributed by atoms with E-state index in [0.29, 0.717) is 23.3 Å². The number of carbonyl (C=O) groups excluding carboxylic acids is 1. The molecule has 218 valence electrons. The van der Waals surface area contributed by atoms with Crippen LogP contribution < -0.4 is 27.1 Å². The second kappa shape index (κ2) is 12.5. The fourth-order valence-electron chi connectivity index (χ4n) is 4.99. The number of likely N-dealkylation sites (tertiary alicyclic amines) is 1. The standard InChI is InChI=1S/C26H31N7O6S2/c1-36-16-4-3-5-17(37-2)20(16)15-10-18(22(34)30-25-32-31-24(41-25)29-19(28)6-7-27)39-23(35)21(15)38-9-8-33-11-26(12-33)13-40-14-26/h3-7,10,16,20H,8-9,11-14,27H2,1-2H3,(H2,28,29,31)(H,30,32,34)/b7-6-. The van der Waals surface area contributed by atoms with Gasteiger partial charge in [0.05, 0.1) is 19.1 Å². The molecule has 2 aromatic rings. The predicted octanol–water partition coefficient (Wildman–Crippen LogP) is 1.83. The van der Waals surface area contributed by atoms with Gasteiger partial charge in [-0.1, -0.05) is 23.5 Å². The molecular weight excluding hydrogens is 570 g/mol. The van der Waals surface area contributed by atoms with E-state index in [1.165, 1.54) is 37.0 Å². The molecule has 2 saturated heterocycles. The Morgan fingerprint density at radius 2 is 2.15 bits per heavy atom. The molecule has 41 heavy (non-hydrogen) atoms. The Kier molecular flexibility index (Phi) is 8.77. The molecule has 1 spiro atoms. The lowest BCUT2D eigenvalue weighted by atomic mass is 9.83. The van der Waals surface area contributed by atoms with Crippen molar-refractivity contribution >= 4 is 45.1 Å². The Bertz CT molecular complexity index is 1450. The molecule has 0 aromatic carbocycles. The van der Waals surface area contributed by atoms with Crippen molar-refractivity contribution in [3.63, 3.8) is 0 Å². The molecule has 13 nitrogen and oxygen atoms in total. The molecule has 1 aliphatic carbocycles. The Morgan fingerprint density at radius 1 is 1.34 bits per heavy atom. The van der Waals surface area contributed by atoms with E-state index in [1.54, 1.807) is 13.2 Å². The van der Waals surface area contributed by atoms with Gasteiger partial charge >= 0.3 is 5.63 Å². The molecule has 2 atom stereocenters. The zero-order valence-electron chi connectivity index (χ0n) is 22.6. The number of nitrogens with one attached hydrogen (secondary N) is 1. The van der Waals surface area contributed by atoms with Crippen LogP contribution in [0.1, 0.15) is 22.0 Å². The van der Waals surface area contributed by atoms with Crippen LogP contribution in [0.25, 0.3) is 0 Å². The number of nitrogens with two attached hydrogens (primary N) is 2. The van der Waals surface area contributed by atoms with Crippen molar-refractivity contribution in [2.45, 2.75) is 12.0 Å². The lowest BCUT2D eigenvalue weighted by Gasteiger charge is -2.55. The van der Waals surface area contributed by atoms with Gasteiger partial charge < -0.3 is 30.1 Å². The summed E-state index contributed by atoms with van der Waals surface area (Å²) in [5, 5.41) is 10.7. The van der Waals surface area contributed by atoms with Crippen LogP contribution in [0.3, 0.4) is 0 Å². The lowest BCUT2D eigenvalue weighted by molar-refractivity contribution is 0.0197. The molecule has 3 aliphatic rings. The van der Waals surface area contributed by atoms with Crippen molar-refractivity contribution in [3.05, 3.63) is 64.1 Å². The van der Waals surface area contributed by atoms with E-state index < -0.39 is 23.6 Å². The molecule has 2 aliphatic heterocycles. The topological polar surface area (TPSA) is 180 Å². The maximum absolute atomic E-state index is 13.3. The highest BCUT2D eigenvalue weighted by Gasteiger charge is 2.47. The highest BCUT2D eigenvalue weighted by atomic mass is 32.2. The van der Waals surface area contributed by atoms with E-state index in [9.17, 15) is 9.59 Å². The van der Waals surface area contributed by atoms with Crippen molar-refractivity contribution in [1.82, 2.24) is 15.1 Å². The van der Waals surface area contributed by atoms with Gasteiger partial charge in [0.2, 0.25) is 16.0 Å². The number of amidine groups is 1. The van der Waals surface area contributed by atoms with Gasteiger partial charge in [-0.3, -0.25) is 15.0 Å². The van der Waals surface area contributed by atoms with Crippen molar-refractivity contribution in [3.8, 4) is 5.75 Å². The monoisotopic (exact) mass is 601 g/mol. The fourth-order valence-corrected chi connectivity index (χ4v) is 6.77. The van der Waals surface area contributed by atoms with Crippen LogP contribution in [0.5, 0.6) is 5.75 Å². The smallest absolute Gasteiger partial charge is 0.379 e. The molecular formula is C26H31N7O6S2. The largest absolute Gasteiger partial charge is 0.500 e. The van der Waals surface area contributed by atoms with Crippen LogP contribution in [-0.2, 0) is 9.47 Å². The number of nitrogens with zero attached hydrogens (tertiary/aromatic N) is 4. The Morgan fingerprint density at radius 3 is 2.83 bits per heavy atom. The molecule has 0 radical (unpaired) electrons. The third-order valence-corrected chi connectivity index (χ3v) is 9.28. The van der Waals surface area contributed by atoms with Gasteiger partial charge in [-0.05, 0) is 24.4 Å². The molecule has 4 heterocycles. The molecule has 15 heteroatoms. The number of hydrogen-bond acceptors (Lipinski definition) is 13. The summed E-state index contributed by atoms with van der Waals surface area (Å²) in [7, 11) is 3.10. The second-order valence-electron chi connectivity index (χ2n) is 9.81. The highest BCUT2D eigenvalue weighted by Crippen LogP contribution is 2.45. The van der Waals surface area contributed by atoms with E-state index in [4.69, 9.17) is 30.1 Å². The van der Waals surface area contributed by atoms with Crippen LogP contribution in [0.2, 0.25) is 0 Å². The van der Waals surface area contributed by atoms with Gasteiger partial charge in [-0.15, -0.1) is 10.2 Å². The van der Waals surface area contributed by atoms with Gasteiger partial charge in [-0.2, -0.15) is 11.8 Å². The van der Waals surface area contributed by atoms with Gasteiger partial charge in [0.15, 0.2) is 5.76 Å². The average Bonchev–Trinajstić information content (AvgIpc) is 3.35. The summed E-state index contributed by atoms with van der Waals surface area (Å²) in [6, 6.07) is 1.48. The number of hydrogen-bond donors (Lipinski definition) is 3. The normalized spacial score (nSPS) is 21.8. The summed E-state index contributed by atoms with van der Waals surface area (Å²) in [5.41, 5.74) is 11.1. The van der Waals surface area contributed by atoms with Crippen LogP contribution in [0.15, 0.2) is 56.5 Å². The number of thioether (sulfide) groups is 1. The van der Waals surface area contributed by atoms with Crippen molar-refractivity contribution in [2.75, 3.05) is 57.3 Å². The van der Waals surface area contributed by atoms with E-state index in [-0.39, 0.29) is 34.2 Å². The maximum atomic E-state index is 13.3. The molecule has 2 fully saturated rings. The van der Waals surface area contributed by atoms with Crippen LogP contribution in [0.4, 0.5) is 10.3 Å². The number of aromatic nitrogens is 2. The van der Waals surface area contributed by atoms with E-state index in [0.717, 1.165) is 24.4 Å². The zero-order valence-corrected chi connectivity index (χ0v) is 24.2. The van der Waals surface area contributed by atoms with E-state index in [2.05, 4.69) is 25.4 Å². The number of aliphatic imine (C=N–C) groups is 1. The number of allylic oxidation sites excluding steroid dienone is 2. The first-order valence-corrected chi connectivity index (χ1v) is 14.8. The predicted molar refractivity (Wildman–Crippen MR) is 157 cm³/mol. The fraction of sp³-hybridized carbons (Fsp3) is 0.423. The first kappa shape index (κ1) is 28.9. The van der Waals surface area contributed by atoms with Crippen LogP contribution in [-0.4, -0.2) is 84.9 Å². The number of ether oxygens (including phenoxy) is 3. The van der Waals surface area contributed by atoms with Gasteiger partial charge in [0.25, 0.3) is 5.91 Å². The number of carbonyl (C=O) groups is 1. The summed E-state index contributed by atoms with van der Waals surface area (Å²) in [6.07, 6.45) is 7.60. The minimum Gasteiger partial charge on any atom is -0.500 e. The maximum Gasteiger partial charge on any atom is 0.379 e. The highest BCUT2D eigenvalue weighted by molar-refractivity contribution is 8.00. The molecule has 5 N–H and O–H groups in total. The van der Waals surface area contributed by atoms with Gasteiger partial charge in [0.1, 0.15) is 18.2 Å². The third-order valence-electron chi connectivity index (χ3n) is 6.91. The Balaban J connectivity index is 1.38. The number of rotatable bonds is 11. The molecule has 0 saturated carbocycles. The minimum atomic E-state index is -0.785. The van der Waals surface area contributed by atoms with Gasteiger partial charge in [0, 0.05) is 49.2 Å². The first-order valence-electron chi connectivity index (χ1n) is 12.8. The first-order chi connectivity index (χ1) is 19.8.